The lowest BCUT2D eigenvalue weighted by molar-refractivity contribution is 0.0977. The molecule has 0 aliphatic rings. The summed E-state index contributed by atoms with van der Waals surface area (Å²) in [6, 6.07) is 24.9. The van der Waals surface area contributed by atoms with Crippen molar-refractivity contribution in [1.82, 2.24) is 0 Å². The Kier molecular flexibility index (Phi) is 5.34. The second-order valence-corrected chi connectivity index (χ2v) is 6.44. The van der Waals surface area contributed by atoms with E-state index in [1.54, 1.807) is 6.07 Å². The molecular weight excluding hydrogens is 339 g/mol. The van der Waals surface area contributed by atoms with Crippen molar-refractivity contribution in [3.8, 4) is 0 Å². The molecule has 0 unspecified atom stereocenters. The maximum absolute atomic E-state index is 12.7. The lowest BCUT2D eigenvalue weighted by Gasteiger charge is -2.18. The van der Waals surface area contributed by atoms with Crippen LogP contribution in [-0.4, -0.2) is 5.78 Å². The number of carbonyl (C=O) groups is 1. The first-order valence-corrected chi connectivity index (χ1v) is 8.49. The molecule has 0 radical (unpaired) electrons. The van der Waals surface area contributed by atoms with Crippen LogP contribution in [0.25, 0.3) is 0 Å². The van der Waals surface area contributed by atoms with Crippen molar-refractivity contribution in [2.45, 2.75) is 12.3 Å². The smallest absolute Gasteiger partial charge is 0.163 e. The van der Waals surface area contributed by atoms with E-state index in [9.17, 15) is 4.79 Å². The molecule has 1 nitrogen and oxygen atoms in total. The van der Waals surface area contributed by atoms with Gasteiger partial charge < -0.3 is 0 Å². The van der Waals surface area contributed by atoms with Crippen molar-refractivity contribution >= 4 is 29.0 Å². The molecule has 24 heavy (non-hydrogen) atoms. The third-order valence-corrected chi connectivity index (χ3v) is 4.77. The summed E-state index contributed by atoms with van der Waals surface area (Å²) in [6.07, 6.45) is 0.381. The number of halogens is 2. The molecule has 0 saturated heterocycles. The molecule has 1 atom stereocenters. The Morgan fingerprint density at radius 3 is 2.00 bits per heavy atom. The lowest BCUT2D eigenvalue weighted by atomic mass is 9.86. The van der Waals surface area contributed by atoms with Crippen molar-refractivity contribution in [3.63, 3.8) is 0 Å². The van der Waals surface area contributed by atoms with Crippen LogP contribution in [0.1, 0.15) is 33.8 Å². The standard InChI is InChI=1S/C21H16Cl2O/c22-19-12-11-17(13-20(19)23)18(15-7-3-1-4-8-15)14-21(24)16-9-5-2-6-10-16/h1-13,18H,14H2/t18-/m1/s1. The fourth-order valence-corrected chi connectivity index (χ4v) is 3.08. The highest BCUT2D eigenvalue weighted by Gasteiger charge is 2.20. The molecule has 0 aliphatic heterocycles. The van der Waals surface area contributed by atoms with Gasteiger partial charge in [0.1, 0.15) is 0 Å². The SMILES string of the molecule is O=C(C[C@H](c1ccccc1)c1ccc(Cl)c(Cl)c1)c1ccccc1. The molecule has 0 heterocycles. The molecule has 3 rings (SSSR count). The van der Waals surface area contributed by atoms with Gasteiger partial charge >= 0.3 is 0 Å². The Bertz CT molecular complexity index is 829. The van der Waals surface area contributed by atoms with Gasteiger partial charge in [0.2, 0.25) is 0 Å². The number of benzene rings is 3. The Morgan fingerprint density at radius 1 is 0.750 bits per heavy atom. The van der Waals surface area contributed by atoms with E-state index in [1.807, 2.05) is 72.8 Å². The van der Waals surface area contributed by atoms with Gasteiger partial charge in [0.25, 0.3) is 0 Å². The molecular formula is C21H16Cl2O. The first-order chi connectivity index (χ1) is 11.6. The average molecular weight is 355 g/mol. The molecule has 120 valence electrons. The minimum atomic E-state index is -0.0614. The summed E-state index contributed by atoms with van der Waals surface area (Å²) in [6.45, 7) is 0. The largest absolute Gasteiger partial charge is 0.294 e. The minimum Gasteiger partial charge on any atom is -0.294 e. The van der Waals surface area contributed by atoms with Crippen LogP contribution in [-0.2, 0) is 0 Å². The Balaban J connectivity index is 1.96. The Hall–Kier alpha value is -2.09. The Labute approximate surface area is 151 Å². The minimum absolute atomic E-state index is 0.0614. The van der Waals surface area contributed by atoms with Crippen LogP contribution >= 0.6 is 23.2 Å². The summed E-state index contributed by atoms with van der Waals surface area (Å²) < 4.78 is 0. The zero-order valence-electron chi connectivity index (χ0n) is 13.0. The fraction of sp³-hybridized carbons (Fsp3) is 0.0952. The summed E-state index contributed by atoms with van der Waals surface area (Å²) in [5.41, 5.74) is 2.79. The molecule has 3 aromatic carbocycles. The number of carbonyl (C=O) groups excluding carboxylic acids is 1. The van der Waals surface area contributed by atoms with Gasteiger partial charge in [-0.25, -0.2) is 0 Å². The highest BCUT2D eigenvalue weighted by Crippen LogP contribution is 2.33. The van der Waals surface area contributed by atoms with Crippen LogP contribution in [0.5, 0.6) is 0 Å². The van der Waals surface area contributed by atoms with Crippen LogP contribution in [0.2, 0.25) is 10.0 Å². The van der Waals surface area contributed by atoms with E-state index in [1.165, 1.54) is 0 Å². The summed E-state index contributed by atoms with van der Waals surface area (Å²) in [4.78, 5) is 12.7. The predicted molar refractivity (Wildman–Crippen MR) is 100 cm³/mol. The number of Topliss-reactive ketones (excluding diaryl/α,β-unsaturated/α-hetero) is 1. The molecule has 0 aliphatic carbocycles. The molecule has 3 heteroatoms. The zero-order chi connectivity index (χ0) is 16.9. The van der Waals surface area contributed by atoms with E-state index in [2.05, 4.69) is 0 Å². The third kappa shape index (κ3) is 3.87. The fourth-order valence-electron chi connectivity index (χ4n) is 2.77. The van der Waals surface area contributed by atoms with E-state index in [-0.39, 0.29) is 11.7 Å². The van der Waals surface area contributed by atoms with Gasteiger partial charge in [-0.2, -0.15) is 0 Å². The molecule has 0 amide bonds. The van der Waals surface area contributed by atoms with Crippen molar-refractivity contribution in [1.29, 1.82) is 0 Å². The summed E-state index contributed by atoms with van der Waals surface area (Å²) in [5, 5.41) is 1.02. The third-order valence-electron chi connectivity index (χ3n) is 4.03. The first kappa shape index (κ1) is 16.8. The van der Waals surface area contributed by atoms with E-state index in [0.717, 1.165) is 16.7 Å². The molecule has 0 saturated carbocycles. The highest BCUT2D eigenvalue weighted by atomic mass is 35.5. The molecule has 0 bridgehead atoms. The van der Waals surface area contributed by atoms with E-state index >= 15 is 0 Å². The van der Waals surface area contributed by atoms with E-state index in [4.69, 9.17) is 23.2 Å². The van der Waals surface area contributed by atoms with Gasteiger partial charge in [-0.15, -0.1) is 0 Å². The zero-order valence-corrected chi connectivity index (χ0v) is 14.5. The van der Waals surface area contributed by atoms with Gasteiger partial charge in [-0.1, -0.05) is 89.9 Å². The first-order valence-electron chi connectivity index (χ1n) is 7.73. The van der Waals surface area contributed by atoms with Gasteiger partial charge in [0, 0.05) is 17.9 Å². The second kappa shape index (κ2) is 7.65. The van der Waals surface area contributed by atoms with Crippen LogP contribution in [0.4, 0.5) is 0 Å². The summed E-state index contributed by atoms with van der Waals surface area (Å²) >= 11 is 12.2. The molecule has 0 fully saturated rings. The molecule has 0 aromatic heterocycles. The maximum atomic E-state index is 12.7. The quantitative estimate of drug-likeness (QED) is 0.484. The monoisotopic (exact) mass is 354 g/mol. The van der Waals surface area contributed by atoms with Gasteiger partial charge in [-0.05, 0) is 23.3 Å². The number of hydrogen-bond donors (Lipinski definition) is 0. The predicted octanol–water partition coefficient (Wildman–Crippen LogP) is 6.40. The van der Waals surface area contributed by atoms with Crippen molar-refractivity contribution < 1.29 is 4.79 Å². The van der Waals surface area contributed by atoms with Crippen LogP contribution in [0, 0.1) is 0 Å². The normalized spacial score (nSPS) is 11.9. The van der Waals surface area contributed by atoms with E-state index in [0.29, 0.717) is 16.5 Å². The van der Waals surface area contributed by atoms with Crippen LogP contribution in [0.15, 0.2) is 78.9 Å². The Morgan fingerprint density at radius 2 is 1.38 bits per heavy atom. The second-order valence-electron chi connectivity index (χ2n) is 5.63. The van der Waals surface area contributed by atoms with Gasteiger partial charge in [0.15, 0.2) is 5.78 Å². The van der Waals surface area contributed by atoms with Crippen LogP contribution < -0.4 is 0 Å². The van der Waals surface area contributed by atoms with E-state index < -0.39 is 0 Å². The van der Waals surface area contributed by atoms with Crippen molar-refractivity contribution in [2.75, 3.05) is 0 Å². The molecule has 0 N–H and O–H groups in total. The average Bonchev–Trinajstić information content (AvgIpc) is 2.63. The number of ketones is 1. The number of hydrogen-bond acceptors (Lipinski definition) is 1. The highest BCUT2D eigenvalue weighted by molar-refractivity contribution is 6.42. The van der Waals surface area contributed by atoms with Crippen molar-refractivity contribution in [3.05, 3.63) is 106 Å². The molecule has 0 spiro atoms. The molecule has 3 aromatic rings. The lowest BCUT2D eigenvalue weighted by Crippen LogP contribution is -2.09. The maximum Gasteiger partial charge on any atom is 0.163 e. The summed E-state index contributed by atoms with van der Waals surface area (Å²) in [5.74, 6) is 0.0456. The number of rotatable bonds is 5. The summed E-state index contributed by atoms with van der Waals surface area (Å²) in [7, 11) is 0. The van der Waals surface area contributed by atoms with Crippen LogP contribution in [0.3, 0.4) is 0 Å². The topological polar surface area (TPSA) is 17.1 Å². The van der Waals surface area contributed by atoms with Crippen molar-refractivity contribution in [2.24, 2.45) is 0 Å². The van der Waals surface area contributed by atoms with Gasteiger partial charge in [-0.3, -0.25) is 4.79 Å². The van der Waals surface area contributed by atoms with Gasteiger partial charge in [0.05, 0.1) is 10.0 Å².